The maximum absolute atomic E-state index is 13.6. The first kappa shape index (κ1) is 24.3. The smallest absolute Gasteiger partial charge is 0.192 e. The van der Waals surface area contributed by atoms with Crippen LogP contribution in [0.1, 0.15) is 24.5 Å². The van der Waals surface area contributed by atoms with E-state index >= 15 is 0 Å². The molecule has 1 aliphatic heterocycles. The summed E-state index contributed by atoms with van der Waals surface area (Å²) in [7, 11) is 3.61. The number of guanidine groups is 1. The summed E-state index contributed by atoms with van der Waals surface area (Å²) in [4.78, 5) is 6.89. The molecule has 2 aromatic rings. The summed E-state index contributed by atoms with van der Waals surface area (Å²) in [5, 5.41) is 15.1. The molecule has 8 nitrogen and oxygen atoms in total. The van der Waals surface area contributed by atoms with Gasteiger partial charge in [0.05, 0.1) is 6.61 Å². The molecule has 1 aliphatic rings. The average molecular weight is 531 g/mol. The number of aliphatic imine (C=N–C) groups is 1. The normalized spacial score (nSPS) is 16.9. The molecule has 30 heavy (non-hydrogen) atoms. The Hall–Kier alpha value is -1.95. The lowest BCUT2D eigenvalue weighted by Gasteiger charge is -2.35. The zero-order chi connectivity index (χ0) is 20.6. The molecule has 0 spiro atoms. The SMILES string of the molecule is COCCNC(=NCc1nnc(C)n1C)NC1CCCN(c2cccc(F)c2)C1.I. The second kappa shape index (κ2) is 12.0. The van der Waals surface area contributed by atoms with Gasteiger partial charge in [-0.2, -0.15) is 0 Å². The van der Waals surface area contributed by atoms with Crippen molar-refractivity contribution >= 4 is 35.6 Å². The van der Waals surface area contributed by atoms with Crippen LogP contribution in [-0.4, -0.2) is 60.1 Å². The Kier molecular flexibility index (Phi) is 9.76. The average Bonchev–Trinajstić information content (AvgIpc) is 3.04. The number of hydrogen-bond donors (Lipinski definition) is 2. The highest BCUT2D eigenvalue weighted by atomic mass is 127. The minimum absolute atomic E-state index is 0. The van der Waals surface area contributed by atoms with Crippen LogP contribution in [0.15, 0.2) is 29.3 Å². The molecule has 166 valence electrons. The summed E-state index contributed by atoms with van der Waals surface area (Å²) in [6, 6.07) is 6.98. The van der Waals surface area contributed by atoms with E-state index in [9.17, 15) is 4.39 Å². The highest BCUT2D eigenvalue weighted by Gasteiger charge is 2.21. The van der Waals surface area contributed by atoms with Gasteiger partial charge < -0.3 is 24.8 Å². The second-order valence-corrected chi connectivity index (χ2v) is 7.22. The van der Waals surface area contributed by atoms with E-state index in [1.807, 2.05) is 24.6 Å². The van der Waals surface area contributed by atoms with Crippen LogP contribution in [0.5, 0.6) is 0 Å². The van der Waals surface area contributed by atoms with Crippen LogP contribution >= 0.6 is 24.0 Å². The molecule has 2 heterocycles. The van der Waals surface area contributed by atoms with Crippen molar-refractivity contribution in [3.05, 3.63) is 41.7 Å². The molecule has 0 bridgehead atoms. The summed E-state index contributed by atoms with van der Waals surface area (Å²) in [5.74, 6) is 2.17. The maximum Gasteiger partial charge on any atom is 0.192 e. The molecule has 1 aromatic heterocycles. The number of nitrogens with one attached hydrogen (secondary N) is 2. The van der Waals surface area contributed by atoms with E-state index in [1.165, 1.54) is 6.07 Å². The molecule has 1 fully saturated rings. The van der Waals surface area contributed by atoms with E-state index < -0.39 is 0 Å². The summed E-state index contributed by atoms with van der Waals surface area (Å²) in [6.07, 6.45) is 2.06. The van der Waals surface area contributed by atoms with Gasteiger partial charge >= 0.3 is 0 Å². The molecule has 1 atom stereocenters. The van der Waals surface area contributed by atoms with Crippen LogP contribution in [0.25, 0.3) is 0 Å². The van der Waals surface area contributed by atoms with Gasteiger partial charge in [0.15, 0.2) is 11.8 Å². The zero-order valence-electron chi connectivity index (χ0n) is 17.8. The number of rotatable bonds is 7. The van der Waals surface area contributed by atoms with Crippen molar-refractivity contribution in [3.8, 4) is 0 Å². The molecule has 3 rings (SSSR count). The topological polar surface area (TPSA) is 79.6 Å². The van der Waals surface area contributed by atoms with Crippen molar-refractivity contribution in [1.29, 1.82) is 0 Å². The number of piperidine rings is 1. The van der Waals surface area contributed by atoms with E-state index in [1.54, 1.807) is 19.2 Å². The molecule has 1 aromatic carbocycles. The fourth-order valence-corrected chi connectivity index (χ4v) is 3.36. The first-order valence-electron chi connectivity index (χ1n) is 9.96. The monoisotopic (exact) mass is 531 g/mol. The van der Waals surface area contributed by atoms with Gasteiger partial charge in [0.25, 0.3) is 0 Å². The molecular weight excluding hydrogens is 500 g/mol. The van der Waals surface area contributed by atoms with Crippen LogP contribution in [0.4, 0.5) is 10.1 Å². The van der Waals surface area contributed by atoms with Crippen molar-refractivity contribution in [3.63, 3.8) is 0 Å². The number of nitrogens with zero attached hydrogens (tertiary/aromatic N) is 5. The molecule has 1 saturated heterocycles. The van der Waals surface area contributed by atoms with Crippen LogP contribution in [0.2, 0.25) is 0 Å². The zero-order valence-corrected chi connectivity index (χ0v) is 20.1. The third-order valence-electron chi connectivity index (χ3n) is 5.10. The highest BCUT2D eigenvalue weighted by Crippen LogP contribution is 2.20. The quantitative estimate of drug-likeness (QED) is 0.247. The van der Waals surface area contributed by atoms with E-state index in [4.69, 9.17) is 4.74 Å². The fraction of sp³-hybridized carbons (Fsp3) is 0.550. The lowest BCUT2D eigenvalue weighted by molar-refractivity contribution is 0.203. The van der Waals surface area contributed by atoms with Crippen molar-refractivity contribution in [1.82, 2.24) is 25.4 Å². The summed E-state index contributed by atoms with van der Waals surface area (Å²) < 4.78 is 20.7. The number of benzene rings is 1. The number of aryl methyl sites for hydroxylation is 1. The molecular formula is C20H31FIN7O. The summed E-state index contributed by atoms with van der Waals surface area (Å²) >= 11 is 0. The lowest BCUT2D eigenvalue weighted by atomic mass is 10.0. The van der Waals surface area contributed by atoms with Gasteiger partial charge in [0, 0.05) is 45.5 Å². The van der Waals surface area contributed by atoms with Gasteiger partial charge in [-0.05, 0) is 38.0 Å². The number of methoxy groups -OCH3 is 1. The summed E-state index contributed by atoms with van der Waals surface area (Å²) in [5.41, 5.74) is 0.914. The van der Waals surface area contributed by atoms with Crippen LogP contribution < -0.4 is 15.5 Å². The second-order valence-electron chi connectivity index (χ2n) is 7.22. The lowest BCUT2D eigenvalue weighted by Crippen LogP contribution is -2.51. The number of hydrogen-bond acceptors (Lipinski definition) is 5. The summed E-state index contributed by atoms with van der Waals surface area (Å²) in [6.45, 7) is 5.30. The maximum atomic E-state index is 13.6. The van der Waals surface area contributed by atoms with E-state index in [2.05, 4.69) is 30.7 Å². The van der Waals surface area contributed by atoms with Crippen molar-refractivity contribution < 1.29 is 9.13 Å². The number of aromatic nitrogens is 3. The Morgan fingerprint density at radius 2 is 2.20 bits per heavy atom. The largest absolute Gasteiger partial charge is 0.383 e. The Morgan fingerprint density at radius 3 is 2.90 bits per heavy atom. The van der Waals surface area contributed by atoms with Crippen molar-refractivity contribution in [2.75, 3.05) is 38.3 Å². The molecule has 0 saturated carbocycles. The highest BCUT2D eigenvalue weighted by molar-refractivity contribution is 14.0. The molecule has 0 amide bonds. The number of ether oxygens (including phenoxy) is 1. The Balaban J connectivity index is 0.00000320. The molecule has 0 radical (unpaired) electrons. The third-order valence-corrected chi connectivity index (χ3v) is 5.10. The molecule has 0 aliphatic carbocycles. The van der Waals surface area contributed by atoms with Gasteiger partial charge in [0.2, 0.25) is 0 Å². The Bertz CT molecular complexity index is 829. The first-order valence-corrected chi connectivity index (χ1v) is 9.96. The third kappa shape index (κ3) is 6.79. The van der Waals surface area contributed by atoms with Crippen LogP contribution in [0, 0.1) is 12.7 Å². The fourth-order valence-electron chi connectivity index (χ4n) is 3.36. The van der Waals surface area contributed by atoms with E-state index in [0.29, 0.717) is 25.7 Å². The van der Waals surface area contributed by atoms with Crippen LogP contribution in [-0.2, 0) is 18.3 Å². The standard InChI is InChI=1S/C20H30FN7O.HI/c1-15-25-26-19(27(15)2)13-23-20(22-9-11-29-3)24-17-7-5-10-28(14-17)18-8-4-6-16(21)12-18;/h4,6,8,12,17H,5,7,9-11,13-14H2,1-3H3,(H2,22,23,24);1H. The minimum atomic E-state index is -0.208. The van der Waals surface area contributed by atoms with Gasteiger partial charge in [-0.25, -0.2) is 9.38 Å². The predicted octanol–water partition coefficient (Wildman–Crippen LogP) is 2.23. The van der Waals surface area contributed by atoms with E-state index in [-0.39, 0.29) is 35.8 Å². The first-order chi connectivity index (χ1) is 14.1. The van der Waals surface area contributed by atoms with Crippen molar-refractivity contribution in [2.24, 2.45) is 12.0 Å². The van der Waals surface area contributed by atoms with Gasteiger partial charge in [-0.3, -0.25) is 0 Å². The number of anilines is 1. The van der Waals surface area contributed by atoms with E-state index in [0.717, 1.165) is 43.3 Å². The molecule has 10 heteroatoms. The Labute approximate surface area is 194 Å². The van der Waals surface area contributed by atoms with Gasteiger partial charge in [0.1, 0.15) is 18.2 Å². The van der Waals surface area contributed by atoms with Crippen molar-refractivity contribution in [2.45, 2.75) is 32.4 Å². The van der Waals surface area contributed by atoms with Gasteiger partial charge in [-0.15, -0.1) is 34.2 Å². The predicted molar refractivity (Wildman–Crippen MR) is 127 cm³/mol. The van der Waals surface area contributed by atoms with Crippen LogP contribution in [0.3, 0.4) is 0 Å². The van der Waals surface area contributed by atoms with Gasteiger partial charge in [-0.1, -0.05) is 6.07 Å². The molecule has 2 N–H and O–H groups in total. The number of halogens is 2. The minimum Gasteiger partial charge on any atom is -0.383 e. The molecule has 1 unspecified atom stereocenters. The Morgan fingerprint density at radius 1 is 1.37 bits per heavy atom.